The van der Waals surface area contributed by atoms with Crippen molar-refractivity contribution >= 4 is 11.8 Å². The number of phenols is 1. The number of aromatic nitrogens is 2. The first-order chi connectivity index (χ1) is 7.68. The van der Waals surface area contributed by atoms with Crippen molar-refractivity contribution in [2.24, 2.45) is 7.05 Å². The van der Waals surface area contributed by atoms with Crippen LogP contribution in [0.25, 0.3) is 0 Å². The molecule has 0 aliphatic heterocycles. The van der Waals surface area contributed by atoms with Crippen LogP contribution in [0, 0.1) is 0 Å². The van der Waals surface area contributed by atoms with Crippen LogP contribution in [0.3, 0.4) is 0 Å². The van der Waals surface area contributed by atoms with Gasteiger partial charge in [0.25, 0.3) is 5.56 Å². The van der Waals surface area contributed by atoms with Gasteiger partial charge in [0.05, 0.1) is 4.90 Å². The molecule has 0 radical (unpaired) electrons. The minimum atomic E-state index is -0.171. The highest BCUT2D eigenvalue weighted by Gasteiger charge is 2.07. The number of rotatable bonds is 2. The van der Waals surface area contributed by atoms with E-state index in [4.69, 9.17) is 0 Å². The fourth-order valence-corrected chi connectivity index (χ4v) is 2.06. The Balaban J connectivity index is 2.39. The molecule has 1 aromatic carbocycles. The largest absolute Gasteiger partial charge is 0.507 e. The van der Waals surface area contributed by atoms with Crippen molar-refractivity contribution in [2.75, 3.05) is 0 Å². The Morgan fingerprint density at radius 2 is 2.12 bits per heavy atom. The molecule has 2 aromatic rings. The molecule has 1 N–H and O–H groups in total. The molecular formula is C11H10N2O2S. The van der Waals surface area contributed by atoms with Crippen LogP contribution in [-0.2, 0) is 7.05 Å². The molecule has 2 rings (SSSR count). The number of hydrogen-bond acceptors (Lipinski definition) is 4. The maximum atomic E-state index is 11.7. The lowest BCUT2D eigenvalue weighted by atomic mass is 10.3. The fraction of sp³-hybridized carbons (Fsp3) is 0.0909. The van der Waals surface area contributed by atoms with Crippen LogP contribution in [0.15, 0.2) is 51.4 Å². The van der Waals surface area contributed by atoms with Gasteiger partial charge in [-0.05, 0) is 12.1 Å². The van der Waals surface area contributed by atoms with Gasteiger partial charge in [-0.1, -0.05) is 23.9 Å². The van der Waals surface area contributed by atoms with Gasteiger partial charge in [-0.2, -0.15) is 0 Å². The van der Waals surface area contributed by atoms with Crippen molar-refractivity contribution in [3.05, 3.63) is 47.0 Å². The average Bonchev–Trinajstić information content (AvgIpc) is 2.28. The third kappa shape index (κ3) is 2.09. The molecule has 0 aliphatic rings. The van der Waals surface area contributed by atoms with Crippen molar-refractivity contribution in [1.29, 1.82) is 0 Å². The summed E-state index contributed by atoms with van der Waals surface area (Å²) in [6.07, 6.45) is 3.15. The normalized spacial score (nSPS) is 10.3. The van der Waals surface area contributed by atoms with Crippen molar-refractivity contribution in [1.82, 2.24) is 9.55 Å². The van der Waals surface area contributed by atoms with Crippen LogP contribution < -0.4 is 5.56 Å². The molecule has 0 bridgehead atoms. The smallest absolute Gasteiger partial charge is 0.283 e. The summed E-state index contributed by atoms with van der Waals surface area (Å²) in [5.74, 6) is 0.153. The summed E-state index contributed by atoms with van der Waals surface area (Å²) in [5.41, 5.74) is -0.171. The summed E-state index contributed by atoms with van der Waals surface area (Å²) in [6.45, 7) is 0. The van der Waals surface area contributed by atoms with Crippen molar-refractivity contribution in [2.45, 2.75) is 9.92 Å². The second-order valence-corrected chi connectivity index (χ2v) is 4.25. The van der Waals surface area contributed by atoms with Gasteiger partial charge in [-0.3, -0.25) is 4.79 Å². The Kier molecular flexibility index (Phi) is 2.96. The van der Waals surface area contributed by atoms with Crippen LogP contribution in [0.1, 0.15) is 0 Å². The molecule has 4 nitrogen and oxygen atoms in total. The molecule has 0 saturated heterocycles. The van der Waals surface area contributed by atoms with Gasteiger partial charge >= 0.3 is 0 Å². The van der Waals surface area contributed by atoms with E-state index in [0.29, 0.717) is 9.92 Å². The van der Waals surface area contributed by atoms with Gasteiger partial charge in [0.1, 0.15) is 5.75 Å². The van der Waals surface area contributed by atoms with Crippen molar-refractivity contribution in [3.63, 3.8) is 0 Å². The SMILES string of the molecule is Cn1ccnc(Sc2ccccc2O)c1=O. The predicted molar refractivity (Wildman–Crippen MR) is 61.7 cm³/mol. The molecular weight excluding hydrogens is 224 g/mol. The molecule has 0 saturated carbocycles. The number of aromatic hydroxyl groups is 1. The van der Waals surface area contributed by atoms with E-state index in [1.807, 2.05) is 0 Å². The molecule has 0 atom stereocenters. The fourth-order valence-electron chi connectivity index (χ4n) is 1.19. The number of para-hydroxylation sites is 1. The van der Waals surface area contributed by atoms with Crippen LogP contribution in [0.4, 0.5) is 0 Å². The van der Waals surface area contributed by atoms with E-state index in [1.165, 1.54) is 4.57 Å². The summed E-state index contributed by atoms with van der Waals surface area (Å²) in [4.78, 5) is 16.3. The lowest BCUT2D eigenvalue weighted by Gasteiger charge is -2.03. The second kappa shape index (κ2) is 4.40. The molecule has 16 heavy (non-hydrogen) atoms. The van der Waals surface area contributed by atoms with Gasteiger partial charge in [0.15, 0.2) is 5.03 Å². The molecule has 0 fully saturated rings. The van der Waals surface area contributed by atoms with Gasteiger partial charge in [0, 0.05) is 19.4 Å². The van der Waals surface area contributed by atoms with Crippen LogP contribution in [0.2, 0.25) is 0 Å². The number of hydrogen-bond donors (Lipinski definition) is 1. The van der Waals surface area contributed by atoms with E-state index in [2.05, 4.69) is 4.98 Å². The Morgan fingerprint density at radius 3 is 2.88 bits per heavy atom. The molecule has 0 aliphatic carbocycles. The number of nitrogens with zero attached hydrogens (tertiary/aromatic N) is 2. The van der Waals surface area contributed by atoms with E-state index in [1.54, 1.807) is 43.7 Å². The zero-order chi connectivity index (χ0) is 11.5. The molecule has 1 heterocycles. The lowest BCUT2D eigenvalue weighted by Crippen LogP contribution is -2.18. The zero-order valence-electron chi connectivity index (χ0n) is 8.62. The van der Waals surface area contributed by atoms with Crippen LogP contribution >= 0.6 is 11.8 Å². The van der Waals surface area contributed by atoms with Crippen molar-refractivity contribution < 1.29 is 5.11 Å². The quantitative estimate of drug-likeness (QED) is 0.858. The maximum Gasteiger partial charge on any atom is 0.283 e. The summed E-state index contributed by atoms with van der Waals surface area (Å²) in [6, 6.07) is 6.86. The minimum absolute atomic E-state index is 0.153. The van der Waals surface area contributed by atoms with Crippen molar-refractivity contribution in [3.8, 4) is 5.75 Å². The summed E-state index contributed by atoms with van der Waals surface area (Å²) >= 11 is 1.16. The average molecular weight is 234 g/mol. The van der Waals surface area contributed by atoms with E-state index in [9.17, 15) is 9.90 Å². The highest BCUT2D eigenvalue weighted by Crippen LogP contribution is 2.30. The molecule has 82 valence electrons. The summed E-state index contributed by atoms with van der Waals surface area (Å²) in [7, 11) is 1.67. The standard InChI is InChI=1S/C11H10N2O2S/c1-13-7-6-12-10(11(13)15)16-9-5-3-2-4-8(9)14/h2-7,14H,1H3. The lowest BCUT2D eigenvalue weighted by molar-refractivity contribution is 0.462. The van der Waals surface area contributed by atoms with Gasteiger partial charge in [-0.15, -0.1) is 0 Å². The summed E-state index contributed by atoms with van der Waals surface area (Å²) < 4.78 is 1.45. The molecule has 5 heteroatoms. The molecule has 0 amide bonds. The van der Waals surface area contributed by atoms with E-state index in [-0.39, 0.29) is 11.3 Å². The first-order valence-electron chi connectivity index (χ1n) is 4.66. The summed E-state index contributed by atoms with van der Waals surface area (Å²) in [5, 5.41) is 9.93. The topological polar surface area (TPSA) is 55.1 Å². The highest BCUT2D eigenvalue weighted by molar-refractivity contribution is 7.99. The second-order valence-electron chi connectivity index (χ2n) is 3.22. The van der Waals surface area contributed by atoms with Gasteiger partial charge in [-0.25, -0.2) is 4.98 Å². The first-order valence-corrected chi connectivity index (χ1v) is 5.47. The Morgan fingerprint density at radius 1 is 1.38 bits per heavy atom. The van der Waals surface area contributed by atoms with Crippen LogP contribution in [-0.4, -0.2) is 14.7 Å². The molecule has 0 unspecified atom stereocenters. The third-order valence-electron chi connectivity index (χ3n) is 2.06. The first kappa shape index (κ1) is 10.8. The molecule has 0 spiro atoms. The maximum absolute atomic E-state index is 11.7. The predicted octanol–water partition coefficient (Wildman–Crippen LogP) is 1.64. The van der Waals surface area contributed by atoms with E-state index < -0.39 is 0 Å². The Hall–Kier alpha value is -1.75. The zero-order valence-corrected chi connectivity index (χ0v) is 9.44. The number of phenolic OH excluding ortho intramolecular Hbond substituents is 1. The third-order valence-corrected chi connectivity index (χ3v) is 3.10. The van der Waals surface area contributed by atoms with E-state index >= 15 is 0 Å². The Bertz CT molecular complexity index is 566. The Labute approximate surface area is 96.6 Å². The van der Waals surface area contributed by atoms with E-state index in [0.717, 1.165) is 11.8 Å². The monoisotopic (exact) mass is 234 g/mol. The van der Waals surface area contributed by atoms with Crippen LogP contribution in [0.5, 0.6) is 5.75 Å². The van der Waals surface area contributed by atoms with Gasteiger partial charge < -0.3 is 9.67 Å². The highest BCUT2D eigenvalue weighted by atomic mass is 32.2. The minimum Gasteiger partial charge on any atom is -0.507 e. The van der Waals surface area contributed by atoms with Gasteiger partial charge in [0.2, 0.25) is 0 Å². The number of aryl methyl sites for hydroxylation is 1. The molecule has 1 aromatic heterocycles. The number of benzene rings is 1.